The molecule has 1 fully saturated rings. The number of nitrogens with zero attached hydrogens (tertiary/aromatic N) is 1. The first-order chi connectivity index (χ1) is 8.97. The lowest BCUT2D eigenvalue weighted by molar-refractivity contribution is -0.138. The van der Waals surface area contributed by atoms with Crippen molar-refractivity contribution in [2.24, 2.45) is 11.8 Å². The predicted molar refractivity (Wildman–Crippen MR) is 73.9 cm³/mol. The van der Waals surface area contributed by atoms with Gasteiger partial charge in [0.2, 0.25) is 5.91 Å². The van der Waals surface area contributed by atoms with Gasteiger partial charge >= 0.3 is 5.97 Å². The van der Waals surface area contributed by atoms with Gasteiger partial charge in [-0.2, -0.15) is 0 Å². The molecule has 1 saturated heterocycles. The van der Waals surface area contributed by atoms with Crippen molar-refractivity contribution in [2.45, 2.75) is 39.0 Å². The van der Waals surface area contributed by atoms with Gasteiger partial charge in [0.05, 0.1) is 0 Å². The molecule has 110 valence electrons. The average molecular weight is 270 g/mol. The maximum atomic E-state index is 11.6. The minimum atomic E-state index is -0.841. The van der Waals surface area contributed by atoms with Crippen LogP contribution in [-0.4, -0.2) is 48.6 Å². The van der Waals surface area contributed by atoms with Gasteiger partial charge in [0.15, 0.2) is 0 Å². The molecule has 1 amide bonds. The molecule has 19 heavy (non-hydrogen) atoms. The first kappa shape index (κ1) is 16.0. The summed E-state index contributed by atoms with van der Waals surface area (Å²) in [6, 6.07) is 0. The minimum absolute atomic E-state index is 0.0262. The van der Waals surface area contributed by atoms with Crippen LogP contribution in [0.3, 0.4) is 0 Å². The summed E-state index contributed by atoms with van der Waals surface area (Å²) < 4.78 is 0. The Hall–Kier alpha value is -1.10. The zero-order valence-electron chi connectivity index (χ0n) is 12.0. The van der Waals surface area contributed by atoms with Crippen LogP contribution < -0.4 is 5.32 Å². The van der Waals surface area contributed by atoms with Crippen molar-refractivity contribution in [3.8, 4) is 0 Å². The molecule has 2 N–H and O–H groups in total. The van der Waals surface area contributed by atoms with Crippen molar-refractivity contribution in [3.63, 3.8) is 0 Å². The fraction of sp³-hybridized carbons (Fsp3) is 0.857. The van der Waals surface area contributed by atoms with Crippen LogP contribution >= 0.6 is 0 Å². The van der Waals surface area contributed by atoms with Gasteiger partial charge in [-0.25, -0.2) is 0 Å². The van der Waals surface area contributed by atoms with Gasteiger partial charge in [0, 0.05) is 19.4 Å². The summed E-state index contributed by atoms with van der Waals surface area (Å²) in [6.07, 6.45) is 3.82. The Balaban J connectivity index is 2.08. The van der Waals surface area contributed by atoms with E-state index < -0.39 is 5.97 Å². The lowest BCUT2D eigenvalue weighted by Crippen LogP contribution is -2.33. The van der Waals surface area contributed by atoms with Gasteiger partial charge in [0.1, 0.15) is 0 Å². The van der Waals surface area contributed by atoms with Crippen LogP contribution in [0.5, 0.6) is 0 Å². The molecular weight excluding hydrogens is 244 g/mol. The Labute approximate surface area is 115 Å². The molecule has 0 aromatic carbocycles. The number of amides is 1. The molecule has 0 aromatic heterocycles. The highest BCUT2D eigenvalue weighted by atomic mass is 16.4. The van der Waals surface area contributed by atoms with Crippen molar-refractivity contribution in [1.29, 1.82) is 0 Å². The van der Waals surface area contributed by atoms with Gasteiger partial charge in [-0.05, 0) is 51.2 Å². The molecule has 0 aromatic rings. The van der Waals surface area contributed by atoms with Crippen LogP contribution in [0.4, 0.5) is 0 Å². The molecule has 1 rings (SSSR count). The van der Waals surface area contributed by atoms with Gasteiger partial charge < -0.3 is 15.3 Å². The van der Waals surface area contributed by atoms with Crippen LogP contribution in [0.15, 0.2) is 0 Å². The number of carboxylic acids is 1. The summed E-state index contributed by atoms with van der Waals surface area (Å²) in [7, 11) is 2.14. The van der Waals surface area contributed by atoms with Crippen LogP contribution in [0.25, 0.3) is 0 Å². The molecule has 1 unspecified atom stereocenters. The Morgan fingerprint density at radius 1 is 1.32 bits per heavy atom. The zero-order valence-corrected chi connectivity index (χ0v) is 12.0. The highest BCUT2D eigenvalue weighted by molar-refractivity contribution is 5.77. The number of nitrogens with one attached hydrogen (secondary N) is 1. The van der Waals surface area contributed by atoms with E-state index in [1.807, 2.05) is 0 Å². The van der Waals surface area contributed by atoms with E-state index in [0.717, 1.165) is 19.5 Å². The molecular formula is C14H26N2O3. The largest absolute Gasteiger partial charge is 0.481 e. The van der Waals surface area contributed by atoms with Crippen molar-refractivity contribution in [2.75, 3.05) is 26.7 Å². The van der Waals surface area contributed by atoms with Gasteiger partial charge in [-0.1, -0.05) is 6.92 Å². The standard InChI is InChI=1S/C14H26N2O3/c1-11(10-14(18)19)9-13(17)15-6-3-12-4-7-16(2)8-5-12/h11-12H,3-10H2,1-2H3,(H,15,17)(H,18,19). The van der Waals surface area contributed by atoms with E-state index in [-0.39, 0.29) is 18.2 Å². The number of piperidine rings is 1. The van der Waals surface area contributed by atoms with Crippen LogP contribution in [0.1, 0.15) is 39.0 Å². The van der Waals surface area contributed by atoms with Crippen molar-refractivity contribution in [3.05, 3.63) is 0 Å². The van der Waals surface area contributed by atoms with Crippen molar-refractivity contribution >= 4 is 11.9 Å². The Morgan fingerprint density at radius 2 is 1.95 bits per heavy atom. The summed E-state index contributed by atoms with van der Waals surface area (Å²) in [5.41, 5.74) is 0. The summed E-state index contributed by atoms with van der Waals surface area (Å²) in [6.45, 7) is 4.81. The number of hydrogen-bond acceptors (Lipinski definition) is 3. The van der Waals surface area contributed by atoms with E-state index >= 15 is 0 Å². The lowest BCUT2D eigenvalue weighted by Gasteiger charge is -2.28. The van der Waals surface area contributed by atoms with Gasteiger partial charge in [-0.15, -0.1) is 0 Å². The van der Waals surface area contributed by atoms with Gasteiger partial charge in [0.25, 0.3) is 0 Å². The van der Waals surface area contributed by atoms with Crippen LogP contribution in [-0.2, 0) is 9.59 Å². The maximum Gasteiger partial charge on any atom is 0.303 e. The first-order valence-corrected chi connectivity index (χ1v) is 7.14. The number of carbonyl (C=O) groups is 2. The molecule has 1 heterocycles. The van der Waals surface area contributed by atoms with Crippen LogP contribution in [0, 0.1) is 11.8 Å². The molecule has 0 saturated carbocycles. The maximum absolute atomic E-state index is 11.6. The predicted octanol–water partition coefficient (Wildman–Crippen LogP) is 1.34. The molecule has 1 aliphatic rings. The summed E-state index contributed by atoms with van der Waals surface area (Å²) in [4.78, 5) is 24.5. The zero-order chi connectivity index (χ0) is 14.3. The van der Waals surface area contributed by atoms with E-state index in [2.05, 4.69) is 17.3 Å². The second-order valence-corrected chi connectivity index (χ2v) is 5.79. The number of aliphatic carboxylic acids is 1. The molecule has 5 nitrogen and oxygen atoms in total. The third-order valence-corrected chi connectivity index (χ3v) is 3.77. The third-order valence-electron chi connectivity index (χ3n) is 3.77. The fourth-order valence-electron chi connectivity index (χ4n) is 2.53. The average Bonchev–Trinajstić information content (AvgIpc) is 2.30. The highest BCUT2D eigenvalue weighted by Gasteiger charge is 2.17. The van der Waals surface area contributed by atoms with E-state index in [1.165, 1.54) is 12.8 Å². The molecule has 1 atom stereocenters. The summed E-state index contributed by atoms with van der Waals surface area (Å²) in [5, 5.41) is 11.5. The van der Waals surface area contributed by atoms with Crippen molar-refractivity contribution < 1.29 is 14.7 Å². The molecule has 0 spiro atoms. The SMILES string of the molecule is CC(CC(=O)O)CC(=O)NCCC1CCN(C)CC1. The number of carboxylic acid groups (broad SMARTS) is 1. The van der Waals surface area contributed by atoms with E-state index in [4.69, 9.17) is 5.11 Å². The lowest BCUT2D eigenvalue weighted by atomic mass is 9.94. The van der Waals surface area contributed by atoms with Gasteiger partial charge in [-0.3, -0.25) is 9.59 Å². The van der Waals surface area contributed by atoms with E-state index in [1.54, 1.807) is 6.92 Å². The highest BCUT2D eigenvalue weighted by Crippen LogP contribution is 2.18. The first-order valence-electron chi connectivity index (χ1n) is 7.14. The van der Waals surface area contributed by atoms with Crippen molar-refractivity contribution in [1.82, 2.24) is 10.2 Å². The second-order valence-electron chi connectivity index (χ2n) is 5.79. The molecule has 0 aliphatic carbocycles. The third kappa shape index (κ3) is 7.15. The monoisotopic (exact) mass is 270 g/mol. The summed E-state index contributed by atoms with van der Waals surface area (Å²) in [5.74, 6) is -0.248. The molecule has 5 heteroatoms. The normalized spacial score (nSPS) is 19.1. The quantitative estimate of drug-likeness (QED) is 0.732. The topological polar surface area (TPSA) is 69.6 Å². The molecule has 1 aliphatic heterocycles. The molecule has 0 bridgehead atoms. The number of likely N-dealkylation sites (tertiary alicyclic amines) is 1. The Kier molecular flexibility index (Phi) is 6.84. The smallest absolute Gasteiger partial charge is 0.303 e. The number of hydrogen-bond donors (Lipinski definition) is 2. The minimum Gasteiger partial charge on any atom is -0.481 e. The number of rotatable bonds is 7. The summed E-state index contributed by atoms with van der Waals surface area (Å²) >= 11 is 0. The molecule has 0 radical (unpaired) electrons. The van der Waals surface area contributed by atoms with Crippen LogP contribution in [0.2, 0.25) is 0 Å². The van der Waals surface area contributed by atoms with E-state index in [9.17, 15) is 9.59 Å². The van der Waals surface area contributed by atoms with E-state index in [0.29, 0.717) is 18.9 Å². The Bertz CT molecular complexity index is 299. The second kappa shape index (κ2) is 8.15. The number of carbonyl (C=O) groups excluding carboxylic acids is 1. The Morgan fingerprint density at radius 3 is 2.53 bits per heavy atom. The fourth-order valence-corrected chi connectivity index (χ4v) is 2.53.